The molecule has 86 valence electrons. The molecule has 4 nitrogen and oxygen atoms in total. The van der Waals surface area contributed by atoms with Crippen molar-refractivity contribution in [2.75, 3.05) is 18.6 Å². The molecule has 16 heavy (non-hydrogen) atoms. The van der Waals surface area contributed by atoms with Gasteiger partial charge in [0.25, 0.3) is 0 Å². The smallest absolute Gasteiger partial charge is 0.328 e. The van der Waals surface area contributed by atoms with E-state index in [1.807, 2.05) is 17.0 Å². The third kappa shape index (κ3) is 2.11. The Hall–Kier alpha value is -1.29. The molecule has 5 heteroatoms. The van der Waals surface area contributed by atoms with Crippen LogP contribution in [0.3, 0.4) is 0 Å². The van der Waals surface area contributed by atoms with E-state index in [9.17, 15) is 4.79 Å². The molecule has 1 fully saturated rings. The molecule has 0 aromatic carbocycles. The van der Waals surface area contributed by atoms with Gasteiger partial charge in [0.15, 0.2) is 0 Å². The lowest BCUT2D eigenvalue weighted by Gasteiger charge is -2.23. The first-order valence-electron chi connectivity index (χ1n) is 5.19. The average Bonchev–Trinajstić information content (AvgIpc) is 2.77. The molecule has 0 N–H and O–H groups in total. The van der Waals surface area contributed by atoms with Gasteiger partial charge >= 0.3 is 5.97 Å². The molecule has 0 radical (unpaired) electrons. The number of anilines is 1. The van der Waals surface area contributed by atoms with Gasteiger partial charge < -0.3 is 9.64 Å². The third-order valence-electron chi connectivity index (χ3n) is 2.72. The Bertz CT molecular complexity index is 397. The quantitative estimate of drug-likeness (QED) is 0.585. The first-order chi connectivity index (χ1) is 7.72. The molecule has 1 aromatic rings. The normalized spacial score (nSPS) is 19.9. The summed E-state index contributed by atoms with van der Waals surface area (Å²) in [5, 5.41) is 0.438. The summed E-state index contributed by atoms with van der Waals surface area (Å²) in [6, 6.07) is 5.18. The molecule has 2 rings (SSSR count). The van der Waals surface area contributed by atoms with Crippen molar-refractivity contribution in [2.45, 2.75) is 18.9 Å². The van der Waals surface area contributed by atoms with Gasteiger partial charge in [0, 0.05) is 6.54 Å². The fourth-order valence-corrected chi connectivity index (χ4v) is 2.14. The molecule has 0 aliphatic carbocycles. The Balaban J connectivity index is 2.23. The van der Waals surface area contributed by atoms with Crippen LogP contribution in [0.15, 0.2) is 18.2 Å². The van der Waals surface area contributed by atoms with Crippen LogP contribution in [0.4, 0.5) is 5.82 Å². The molecule has 2 heterocycles. The van der Waals surface area contributed by atoms with Crippen LogP contribution >= 0.6 is 11.6 Å². The largest absolute Gasteiger partial charge is 0.467 e. The first-order valence-corrected chi connectivity index (χ1v) is 5.57. The Morgan fingerprint density at radius 2 is 2.44 bits per heavy atom. The second-order valence-corrected chi connectivity index (χ2v) is 4.08. The standard InChI is InChI=1S/C11H13ClN2O2/c1-16-11(15)8-4-3-7-14(8)10-6-2-5-9(12)13-10/h2,5-6,8H,3-4,7H2,1H3/t8-/m0/s1. The molecule has 0 unspecified atom stereocenters. The number of carbonyl (C=O) groups excluding carboxylic acids is 1. The summed E-state index contributed by atoms with van der Waals surface area (Å²) in [5.74, 6) is 0.527. The maximum atomic E-state index is 11.6. The molecule has 1 aromatic heterocycles. The minimum atomic E-state index is -0.226. The van der Waals surface area contributed by atoms with Crippen molar-refractivity contribution in [3.63, 3.8) is 0 Å². The summed E-state index contributed by atoms with van der Waals surface area (Å²) in [6.45, 7) is 0.813. The lowest BCUT2D eigenvalue weighted by molar-refractivity contribution is -0.141. The molecule has 1 saturated heterocycles. The SMILES string of the molecule is COC(=O)[C@@H]1CCCN1c1cccc(Cl)n1. The monoisotopic (exact) mass is 240 g/mol. The van der Waals surface area contributed by atoms with E-state index in [4.69, 9.17) is 16.3 Å². The van der Waals surface area contributed by atoms with Gasteiger partial charge in [-0.15, -0.1) is 0 Å². The Morgan fingerprint density at radius 1 is 1.62 bits per heavy atom. The fourth-order valence-electron chi connectivity index (χ4n) is 1.98. The van der Waals surface area contributed by atoms with E-state index < -0.39 is 0 Å². The summed E-state index contributed by atoms with van der Waals surface area (Å²) >= 11 is 5.83. The number of hydrogen-bond donors (Lipinski definition) is 0. The molecule has 1 aliphatic rings. The van der Waals surface area contributed by atoms with Gasteiger partial charge in [0.1, 0.15) is 17.0 Å². The highest BCUT2D eigenvalue weighted by Crippen LogP contribution is 2.25. The summed E-state index contributed by atoms with van der Waals surface area (Å²) in [4.78, 5) is 17.7. The van der Waals surface area contributed by atoms with E-state index in [0.717, 1.165) is 25.2 Å². The Kier molecular flexibility index (Phi) is 3.29. The van der Waals surface area contributed by atoms with Crippen LogP contribution in [0, 0.1) is 0 Å². The van der Waals surface area contributed by atoms with E-state index in [1.54, 1.807) is 6.07 Å². The van der Waals surface area contributed by atoms with Gasteiger partial charge in [-0.05, 0) is 25.0 Å². The van der Waals surface area contributed by atoms with E-state index in [-0.39, 0.29) is 12.0 Å². The molecular weight excluding hydrogens is 228 g/mol. The molecule has 0 spiro atoms. The summed E-state index contributed by atoms with van der Waals surface area (Å²) in [5.41, 5.74) is 0. The van der Waals surface area contributed by atoms with E-state index >= 15 is 0 Å². The van der Waals surface area contributed by atoms with Crippen LogP contribution in [0.5, 0.6) is 0 Å². The van der Waals surface area contributed by atoms with E-state index in [2.05, 4.69) is 4.98 Å². The van der Waals surface area contributed by atoms with Crippen molar-refractivity contribution in [1.29, 1.82) is 0 Å². The summed E-state index contributed by atoms with van der Waals surface area (Å²) in [7, 11) is 1.41. The van der Waals surface area contributed by atoms with E-state index in [0.29, 0.717) is 5.15 Å². The number of aromatic nitrogens is 1. The number of methoxy groups -OCH3 is 1. The number of pyridine rings is 1. The topological polar surface area (TPSA) is 42.4 Å². The van der Waals surface area contributed by atoms with Gasteiger partial charge in [-0.2, -0.15) is 0 Å². The zero-order chi connectivity index (χ0) is 11.5. The van der Waals surface area contributed by atoms with Crippen molar-refractivity contribution in [3.8, 4) is 0 Å². The lowest BCUT2D eigenvalue weighted by atomic mass is 10.2. The molecule has 1 atom stereocenters. The third-order valence-corrected chi connectivity index (χ3v) is 2.93. The zero-order valence-corrected chi connectivity index (χ0v) is 9.78. The summed E-state index contributed by atoms with van der Waals surface area (Å²) in [6.07, 6.45) is 1.77. The van der Waals surface area contributed by atoms with Crippen molar-refractivity contribution in [3.05, 3.63) is 23.4 Å². The van der Waals surface area contributed by atoms with Gasteiger partial charge in [0.2, 0.25) is 0 Å². The number of halogens is 1. The van der Waals surface area contributed by atoms with Crippen molar-refractivity contribution >= 4 is 23.4 Å². The molecule has 0 saturated carbocycles. The maximum Gasteiger partial charge on any atom is 0.328 e. The highest BCUT2D eigenvalue weighted by molar-refractivity contribution is 6.29. The molecule has 0 amide bonds. The highest BCUT2D eigenvalue weighted by atomic mass is 35.5. The second-order valence-electron chi connectivity index (χ2n) is 3.69. The maximum absolute atomic E-state index is 11.6. The number of nitrogens with zero attached hydrogens (tertiary/aromatic N) is 2. The molecule has 0 bridgehead atoms. The minimum Gasteiger partial charge on any atom is -0.467 e. The van der Waals surface area contributed by atoms with Crippen LogP contribution in [-0.2, 0) is 9.53 Å². The number of hydrogen-bond acceptors (Lipinski definition) is 4. The second kappa shape index (κ2) is 4.70. The minimum absolute atomic E-state index is 0.209. The van der Waals surface area contributed by atoms with Crippen LogP contribution in [0.25, 0.3) is 0 Å². The number of ether oxygens (including phenoxy) is 1. The molecule has 1 aliphatic heterocycles. The first kappa shape index (κ1) is 11.2. The predicted molar refractivity (Wildman–Crippen MR) is 61.6 cm³/mol. The predicted octanol–water partition coefficient (Wildman–Crippen LogP) is 1.88. The van der Waals surface area contributed by atoms with Gasteiger partial charge in [-0.1, -0.05) is 17.7 Å². The van der Waals surface area contributed by atoms with Gasteiger partial charge in [0.05, 0.1) is 7.11 Å². The van der Waals surface area contributed by atoms with Crippen LogP contribution in [0.2, 0.25) is 5.15 Å². The number of rotatable bonds is 2. The average molecular weight is 241 g/mol. The van der Waals surface area contributed by atoms with E-state index in [1.165, 1.54) is 7.11 Å². The molecular formula is C11H13ClN2O2. The Labute approximate surface area is 99.2 Å². The van der Waals surface area contributed by atoms with Crippen molar-refractivity contribution in [1.82, 2.24) is 4.98 Å². The van der Waals surface area contributed by atoms with Crippen LogP contribution < -0.4 is 4.90 Å². The lowest BCUT2D eigenvalue weighted by Crippen LogP contribution is -2.37. The zero-order valence-electron chi connectivity index (χ0n) is 9.02. The van der Waals surface area contributed by atoms with Crippen LogP contribution in [-0.4, -0.2) is 30.6 Å². The van der Waals surface area contributed by atoms with Crippen molar-refractivity contribution in [2.24, 2.45) is 0 Å². The van der Waals surface area contributed by atoms with Crippen molar-refractivity contribution < 1.29 is 9.53 Å². The van der Waals surface area contributed by atoms with Gasteiger partial charge in [-0.25, -0.2) is 9.78 Å². The highest BCUT2D eigenvalue weighted by Gasteiger charge is 2.32. The number of esters is 1. The van der Waals surface area contributed by atoms with Crippen LogP contribution in [0.1, 0.15) is 12.8 Å². The fraction of sp³-hybridized carbons (Fsp3) is 0.455. The van der Waals surface area contributed by atoms with Gasteiger partial charge in [-0.3, -0.25) is 0 Å². The number of carbonyl (C=O) groups is 1. The summed E-state index contributed by atoms with van der Waals surface area (Å²) < 4.78 is 4.77. The Morgan fingerprint density at radius 3 is 3.12 bits per heavy atom.